The van der Waals surface area contributed by atoms with Crippen LogP contribution in [0, 0.1) is 0 Å². The van der Waals surface area contributed by atoms with Crippen LogP contribution in [0.25, 0.3) is 0 Å². The number of carbonyl (C=O) groups is 1. The monoisotopic (exact) mass is 344 g/mol. The van der Waals surface area contributed by atoms with E-state index in [-0.39, 0.29) is 5.91 Å². The zero-order valence-corrected chi connectivity index (χ0v) is 14.3. The quantitative estimate of drug-likeness (QED) is 0.804. The maximum atomic E-state index is 11.9. The second-order valence-electron chi connectivity index (χ2n) is 5.65. The van der Waals surface area contributed by atoms with Crippen molar-refractivity contribution in [1.82, 2.24) is 10.2 Å². The Hall–Kier alpha value is -0.970. The molecule has 1 saturated heterocycles. The summed E-state index contributed by atoms with van der Waals surface area (Å²) < 4.78 is 5.57. The van der Waals surface area contributed by atoms with Crippen molar-refractivity contribution in [2.75, 3.05) is 26.7 Å². The highest BCUT2D eigenvalue weighted by molar-refractivity contribution is 6.42. The van der Waals surface area contributed by atoms with E-state index in [1.807, 2.05) is 0 Å². The predicted molar refractivity (Wildman–Crippen MR) is 89.9 cm³/mol. The van der Waals surface area contributed by atoms with Crippen molar-refractivity contribution in [2.24, 2.45) is 0 Å². The third kappa shape index (κ3) is 5.34. The highest BCUT2D eigenvalue weighted by atomic mass is 35.5. The molecule has 1 aromatic rings. The zero-order valence-electron chi connectivity index (χ0n) is 12.8. The number of carbonyl (C=O) groups excluding carboxylic acids is 1. The Bertz CT molecular complexity index is 503. The van der Waals surface area contributed by atoms with Crippen molar-refractivity contribution < 1.29 is 9.53 Å². The number of hydrogen-bond donors (Lipinski definition) is 1. The fourth-order valence-electron chi connectivity index (χ4n) is 2.46. The van der Waals surface area contributed by atoms with Crippen LogP contribution in [-0.2, 0) is 4.79 Å². The van der Waals surface area contributed by atoms with Crippen LogP contribution in [-0.4, -0.2) is 43.6 Å². The molecule has 122 valence electrons. The first-order valence-corrected chi connectivity index (χ1v) is 8.36. The van der Waals surface area contributed by atoms with Crippen LogP contribution >= 0.6 is 23.2 Å². The van der Waals surface area contributed by atoms with Crippen LogP contribution in [0.4, 0.5) is 0 Å². The van der Waals surface area contributed by atoms with Crippen molar-refractivity contribution in [3.05, 3.63) is 28.2 Å². The molecule has 0 aromatic heterocycles. The molecule has 22 heavy (non-hydrogen) atoms. The molecule has 1 aliphatic rings. The van der Waals surface area contributed by atoms with E-state index in [0.717, 1.165) is 25.9 Å². The molecule has 1 fully saturated rings. The summed E-state index contributed by atoms with van der Waals surface area (Å²) in [6.45, 7) is 2.53. The molecule has 1 N–H and O–H groups in total. The molecule has 1 aromatic carbocycles. The summed E-state index contributed by atoms with van der Waals surface area (Å²) in [6.07, 6.45) is 3.17. The Labute approximate surface area is 141 Å². The van der Waals surface area contributed by atoms with E-state index in [0.29, 0.717) is 41.3 Å². The summed E-state index contributed by atoms with van der Waals surface area (Å²) in [7, 11) is 2.11. The summed E-state index contributed by atoms with van der Waals surface area (Å²) in [5.74, 6) is 0.653. The lowest BCUT2D eigenvalue weighted by Gasteiger charge is -2.29. The maximum absolute atomic E-state index is 11.9. The van der Waals surface area contributed by atoms with Crippen molar-refractivity contribution in [3.8, 4) is 5.75 Å². The summed E-state index contributed by atoms with van der Waals surface area (Å²) in [6, 6.07) is 5.58. The van der Waals surface area contributed by atoms with E-state index in [4.69, 9.17) is 27.9 Å². The van der Waals surface area contributed by atoms with Gasteiger partial charge in [0.2, 0.25) is 5.91 Å². The van der Waals surface area contributed by atoms with Crippen molar-refractivity contribution in [3.63, 3.8) is 0 Å². The maximum Gasteiger partial charge on any atom is 0.220 e. The minimum atomic E-state index is 0.0929. The number of halogens is 2. The van der Waals surface area contributed by atoms with Gasteiger partial charge in [-0.3, -0.25) is 4.79 Å². The molecule has 1 aliphatic heterocycles. The number of ether oxygens (including phenoxy) is 1. The van der Waals surface area contributed by atoms with Crippen LogP contribution in [0.1, 0.15) is 25.7 Å². The molecule has 2 rings (SSSR count). The van der Waals surface area contributed by atoms with E-state index in [2.05, 4.69) is 17.3 Å². The molecule has 0 aliphatic carbocycles. The van der Waals surface area contributed by atoms with Gasteiger partial charge < -0.3 is 15.0 Å². The van der Waals surface area contributed by atoms with Gasteiger partial charge in [0.25, 0.3) is 0 Å². The van der Waals surface area contributed by atoms with Gasteiger partial charge >= 0.3 is 0 Å². The summed E-state index contributed by atoms with van der Waals surface area (Å²) in [5, 5.41) is 3.98. The van der Waals surface area contributed by atoms with Gasteiger partial charge in [0.15, 0.2) is 0 Å². The van der Waals surface area contributed by atoms with E-state index >= 15 is 0 Å². The van der Waals surface area contributed by atoms with E-state index < -0.39 is 0 Å². The SMILES string of the molecule is CN1CCC(NC(=O)CCCOc2cccc(Cl)c2Cl)CC1. The largest absolute Gasteiger partial charge is 0.492 e. The molecule has 1 amide bonds. The van der Waals surface area contributed by atoms with E-state index in [1.165, 1.54) is 0 Å². The Morgan fingerprint density at radius 1 is 1.36 bits per heavy atom. The molecule has 0 unspecified atom stereocenters. The number of amides is 1. The van der Waals surface area contributed by atoms with Crippen LogP contribution in [0.5, 0.6) is 5.75 Å². The Balaban J connectivity index is 1.64. The third-order valence-corrected chi connectivity index (χ3v) is 4.61. The van der Waals surface area contributed by atoms with Crippen LogP contribution in [0.3, 0.4) is 0 Å². The van der Waals surface area contributed by atoms with Gasteiger partial charge in [0, 0.05) is 12.5 Å². The van der Waals surface area contributed by atoms with E-state index in [9.17, 15) is 4.79 Å². The lowest BCUT2D eigenvalue weighted by atomic mass is 10.1. The van der Waals surface area contributed by atoms with Gasteiger partial charge in [-0.1, -0.05) is 29.3 Å². The van der Waals surface area contributed by atoms with E-state index in [1.54, 1.807) is 18.2 Å². The second kappa shape index (κ2) is 8.61. The summed E-state index contributed by atoms with van der Waals surface area (Å²) in [4.78, 5) is 14.2. The molecule has 1 heterocycles. The van der Waals surface area contributed by atoms with Gasteiger partial charge in [-0.2, -0.15) is 0 Å². The summed E-state index contributed by atoms with van der Waals surface area (Å²) in [5.41, 5.74) is 0. The number of hydrogen-bond acceptors (Lipinski definition) is 3. The average molecular weight is 345 g/mol. The highest BCUT2D eigenvalue weighted by Gasteiger charge is 2.18. The minimum absolute atomic E-state index is 0.0929. The van der Waals surface area contributed by atoms with Gasteiger partial charge in [0.1, 0.15) is 10.8 Å². The van der Waals surface area contributed by atoms with Gasteiger partial charge in [-0.15, -0.1) is 0 Å². The molecular weight excluding hydrogens is 323 g/mol. The first kappa shape index (κ1) is 17.4. The fourth-order valence-corrected chi connectivity index (χ4v) is 2.81. The second-order valence-corrected chi connectivity index (χ2v) is 6.43. The molecule has 0 bridgehead atoms. The minimum Gasteiger partial charge on any atom is -0.492 e. The number of rotatable bonds is 6. The zero-order chi connectivity index (χ0) is 15.9. The van der Waals surface area contributed by atoms with Crippen molar-refractivity contribution in [2.45, 2.75) is 31.7 Å². The standard InChI is InChI=1S/C16H22Cl2N2O2/c1-20-9-7-12(8-10-20)19-15(21)6-3-11-22-14-5-2-4-13(17)16(14)18/h2,4-5,12H,3,6-11H2,1H3,(H,19,21). The van der Waals surface area contributed by atoms with Crippen LogP contribution < -0.4 is 10.1 Å². The highest BCUT2D eigenvalue weighted by Crippen LogP contribution is 2.31. The Morgan fingerprint density at radius 3 is 2.82 bits per heavy atom. The predicted octanol–water partition coefficient (Wildman–Crippen LogP) is 3.36. The number of likely N-dealkylation sites (tertiary alicyclic amines) is 1. The molecule has 6 heteroatoms. The third-order valence-electron chi connectivity index (χ3n) is 3.81. The smallest absolute Gasteiger partial charge is 0.220 e. The fraction of sp³-hybridized carbons (Fsp3) is 0.562. The topological polar surface area (TPSA) is 41.6 Å². The van der Waals surface area contributed by atoms with Gasteiger partial charge in [-0.25, -0.2) is 0 Å². The Morgan fingerprint density at radius 2 is 2.09 bits per heavy atom. The number of benzene rings is 1. The lowest BCUT2D eigenvalue weighted by Crippen LogP contribution is -2.43. The Kier molecular flexibility index (Phi) is 6.80. The molecule has 0 saturated carbocycles. The number of piperidine rings is 1. The normalized spacial score (nSPS) is 16.5. The molecule has 0 atom stereocenters. The molecular formula is C16H22Cl2N2O2. The average Bonchev–Trinajstić information content (AvgIpc) is 2.50. The summed E-state index contributed by atoms with van der Waals surface area (Å²) >= 11 is 12.0. The van der Waals surface area contributed by atoms with Crippen molar-refractivity contribution >= 4 is 29.1 Å². The number of nitrogens with zero attached hydrogens (tertiary/aromatic N) is 1. The van der Waals surface area contributed by atoms with Gasteiger partial charge in [-0.05, 0) is 51.5 Å². The van der Waals surface area contributed by atoms with Crippen LogP contribution in [0.15, 0.2) is 18.2 Å². The first-order chi connectivity index (χ1) is 10.6. The van der Waals surface area contributed by atoms with Crippen molar-refractivity contribution in [1.29, 1.82) is 0 Å². The molecule has 0 radical (unpaired) electrons. The van der Waals surface area contributed by atoms with Crippen LogP contribution in [0.2, 0.25) is 10.0 Å². The lowest BCUT2D eigenvalue weighted by molar-refractivity contribution is -0.122. The molecule has 0 spiro atoms. The first-order valence-electron chi connectivity index (χ1n) is 7.61. The molecule has 4 nitrogen and oxygen atoms in total. The number of nitrogens with one attached hydrogen (secondary N) is 1. The van der Waals surface area contributed by atoms with Gasteiger partial charge in [0.05, 0.1) is 11.6 Å².